The summed E-state index contributed by atoms with van der Waals surface area (Å²) in [6.45, 7) is 5.04. The SMILES string of the molecule is CC(=O)NCCC(C)(C)C[C@@H]1N[C@H](OC(=O)NCC[C@H](O)CO)[C@H](c2cccc(Cl)c2F)[C@@]1(C#N)c1ccc(Cl)cc1F. The van der Waals surface area contributed by atoms with Gasteiger partial charge in [-0.15, -0.1) is 0 Å². The van der Waals surface area contributed by atoms with Crippen LogP contribution in [0.1, 0.15) is 57.1 Å². The number of nitriles is 1. The van der Waals surface area contributed by atoms with Crippen molar-refractivity contribution in [2.75, 3.05) is 19.7 Å². The molecule has 3 rings (SSSR count). The highest BCUT2D eigenvalue weighted by atomic mass is 35.5. The summed E-state index contributed by atoms with van der Waals surface area (Å²) in [4.78, 5) is 24.4. The Hall–Kier alpha value is -3.01. The molecule has 1 saturated heterocycles. The first kappa shape index (κ1) is 34.5. The van der Waals surface area contributed by atoms with Crippen molar-refractivity contribution in [3.63, 3.8) is 0 Å². The Morgan fingerprint density at radius 3 is 2.56 bits per heavy atom. The first-order chi connectivity index (χ1) is 20.3. The predicted octanol–water partition coefficient (Wildman–Crippen LogP) is 4.53. The molecule has 43 heavy (non-hydrogen) atoms. The van der Waals surface area contributed by atoms with E-state index in [4.69, 9.17) is 33.0 Å². The minimum Gasteiger partial charge on any atom is -0.430 e. The van der Waals surface area contributed by atoms with Gasteiger partial charge < -0.3 is 25.6 Å². The molecule has 1 fully saturated rings. The van der Waals surface area contributed by atoms with Crippen LogP contribution in [0, 0.1) is 28.4 Å². The molecule has 0 saturated carbocycles. The van der Waals surface area contributed by atoms with Gasteiger partial charge in [0.05, 0.1) is 29.7 Å². The standard InChI is InChI=1S/C30H36Cl2F2N4O5/c1-17(40)36-12-10-29(2,3)14-24-30(16-35,21-8-7-18(31)13-23(21)33)25(20-5-4-6-22(32)26(20)34)27(38-24)43-28(42)37-11-9-19(41)15-39/h4-8,13,19,24-25,27,38-39,41H,9-12,14-15H2,1-3H3,(H,36,40)(H,37,42)/t19-,24-,25-,27+,30-/m0/s1. The van der Waals surface area contributed by atoms with Crippen molar-refractivity contribution in [2.45, 2.75) is 69.7 Å². The third-order valence-corrected chi connectivity index (χ3v) is 8.24. The van der Waals surface area contributed by atoms with E-state index in [9.17, 15) is 20.0 Å². The quantitative estimate of drug-likeness (QED) is 0.229. The summed E-state index contributed by atoms with van der Waals surface area (Å²) in [5, 5.41) is 37.8. The number of benzene rings is 2. The van der Waals surface area contributed by atoms with Gasteiger partial charge in [0, 0.05) is 36.6 Å². The zero-order valence-electron chi connectivity index (χ0n) is 24.1. The van der Waals surface area contributed by atoms with Crippen LogP contribution in [0.15, 0.2) is 36.4 Å². The molecule has 5 atom stereocenters. The average molecular weight is 642 g/mol. The lowest BCUT2D eigenvalue weighted by atomic mass is 9.63. The molecule has 2 amide bonds. The van der Waals surface area contributed by atoms with E-state index in [2.05, 4.69) is 22.0 Å². The van der Waals surface area contributed by atoms with E-state index in [1.165, 1.54) is 37.3 Å². The Bertz CT molecular complexity index is 1360. The summed E-state index contributed by atoms with van der Waals surface area (Å²) in [5.41, 5.74) is -2.51. The highest BCUT2D eigenvalue weighted by Gasteiger charge is 2.61. The van der Waals surface area contributed by atoms with Crippen LogP contribution in [-0.2, 0) is 14.9 Å². The van der Waals surface area contributed by atoms with E-state index in [1.54, 1.807) is 0 Å². The number of carbonyl (C=O) groups is 2. The van der Waals surface area contributed by atoms with Crippen LogP contribution < -0.4 is 16.0 Å². The Kier molecular flexibility index (Phi) is 11.7. The molecule has 1 heterocycles. The molecule has 13 heteroatoms. The number of rotatable bonds is 12. The minimum absolute atomic E-state index is 0.0409. The van der Waals surface area contributed by atoms with E-state index in [-0.39, 0.29) is 46.5 Å². The van der Waals surface area contributed by atoms with Gasteiger partial charge in [-0.1, -0.05) is 55.2 Å². The van der Waals surface area contributed by atoms with Crippen molar-refractivity contribution in [1.29, 1.82) is 5.26 Å². The fraction of sp³-hybridized carbons (Fsp3) is 0.500. The Morgan fingerprint density at radius 2 is 1.93 bits per heavy atom. The first-order valence-corrected chi connectivity index (χ1v) is 14.6. The maximum absolute atomic E-state index is 15.8. The molecule has 2 aromatic rings. The number of aliphatic hydroxyl groups excluding tert-OH is 2. The molecule has 9 nitrogen and oxygen atoms in total. The monoisotopic (exact) mass is 640 g/mol. The van der Waals surface area contributed by atoms with Crippen molar-refractivity contribution >= 4 is 35.2 Å². The zero-order chi connectivity index (χ0) is 31.9. The number of aliphatic hydroxyl groups is 2. The first-order valence-electron chi connectivity index (χ1n) is 13.8. The summed E-state index contributed by atoms with van der Waals surface area (Å²) in [7, 11) is 0. The van der Waals surface area contributed by atoms with Crippen LogP contribution in [0.3, 0.4) is 0 Å². The Morgan fingerprint density at radius 1 is 1.21 bits per heavy atom. The highest BCUT2D eigenvalue weighted by Crippen LogP contribution is 2.53. The van der Waals surface area contributed by atoms with Gasteiger partial charge in [-0.05, 0) is 48.4 Å². The molecule has 5 N–H and O–H groups in total. The fourth-order valence-electron chi connectivity index (χ4n) is 5.58. The van der Waals surface area contributed by atoms with Gasteiger partial charge in [-0.25, -0.2) is 13.6 Å². The molecule has 0 radical (unpaired) electrons. The average Bonchev–Trinajstić information content (AvgIpc) is 3.21. The molecule has 0 spiro atoms. The minimum atomic E-state index is -1.83. The predicted molar refractivity (Wildman–Crippen MR) is 157 cm³/mol. The van der Waals surface area contributed by atoms with Crippen molar-refractivity contribution in [3.05, 3.63) is 69.2 Å². The van der Waals surface area contributed by atoms with Gasteiger partial charge in [0.15, 0.2) is 6.23 Å². The van der Waals surface area contributed by atoms with Gasteiger partial charge in [0.1, 0.15) is 17.0 Å². The fourth-order valence-corrected chi connectivity index (χ4v) is 5.92. The number of alkyl carbamates (subject to hydrolysis) is 1. The van der Waals surface area contributed by atoms with E-state index in [0.717, 1.165) is 6.07 Å². The van der Waals surface area contributed by atoms with Crippen LogP contribution in [0.5, 0.6) is 0 Å². The van der Waals surface area contributed by atoms with Crippen molar-refractivity contribution in [1.82, 2.24) is 16.0 Å². The number of nitrogens with zero attached hydrogens (tertiary/aromatic N) is 1. The van der Waals surface area contributed by atoms with Crippen molar-refractivity contribution in [2.24, 2.45) is 5.41 Å². The highest BCUT2D eigenvalue weighted by molar-refractivity contribution is 6.31. The number of nitrogens with one attached hydrogen (secondary N) is 3. The summed E-state index contributed by atoms with van der Waals surface area (Å²) < 4.78 is 37.2. The number of ether oxygens (including phenoxy) is 1. The molecular formula is C30H36Cl2F2N4O5. The van der Waals surface area contributed by atoms with Crippen LogP contribution in [0.25, 0.3) is 0 Å². The Labute approximate surface area is 259 Å². The van der Waals surface area contributed by atoms with Crippen LogP contribution in [0.4, 0.5) is 13.6 Å². The topological polar surface area (TPSA) is 144 Å². The second kappa shape index (κ2) is 14.6. The van der Waals surface area contributed by atoms with Gasteiger partial charge in [-0.3, -0.25) is 10.1 Å². The lowest BCUT2D eigenvalue weighted by Gasteiger charge is -2.38. The summed E-state index contributed by atoms with van der Waals surface area (Å²) >= 11 is 12.2. The summed E-state index contributed by atoms with van der Waals surface area (Å²) in [6, 6.07) is 9.46. The second-order valence-corrected chi connectivity index (χ2v) is 12.3. The molecule has 1 aliphatic rings. The largest absolute Gasteiger partial charge is 0.430 e. The maximum Gasteiger partial charge on any atom is 0.408 e. The molecule has 0 unspecified atom stereocenters. The van der Waals surface area contributed by atoms with Crippen molar-refractivity contribution in [3.8, 4) is 6.07 Å². The van der Waals surface area contributed by atoms with Gasteiger partial charge in [-0.2, -0.15) is 5.26 Å². The summed E-state index contributed by atoms with van der Waals surface area (Å²) in [6.07, 6.45) is -2.57. The second-order valence-electron chi connectivity index (χ2n) is 11.4. The van der Waals surface area contributed by atoms with Gasteiger partial charge >= 0.3 is 6.09 Å². The number of hydrogen-bond donors (Lipinski definition) is 5. The van der Waals surface area contributed by atoms with E-state index < -0.39 is 59.5 Å². The van der Waals surface area contributed by atoms with Gasteiger partial charge in [0.2, 0.25) is 5.91 Å². The summed E-state index contributed by atoms with van der Waals surface area (Å²) in [5.74, 6) is -3.13. The number of carbonyl (C=O) groups excluding carboxylic acids is 2. The normalized spacial score (nSPS) is 22.5. The van der Waals surface area contributed by atoms with Crippen LogP contribution >= 0.6 is 23.2 Å². The van der Waals surface area contributed by atoms with E-state index in [0.29, 0.717) is 13.0 Å². The lowest BCUT2D eigenvalue weighted by molar-refractivity contribution is -0.119. The van der Waals surface area contributed by atoms with Gasteiger partial charge in [0.25, 0.3) is 0 Å². The Balaban J connectivity index is 2.15. The molecule has 1 aliphatic heterocycles. The van der Waals surface area contributed by atoms with Crippen LogP contribution in [-0.4, -0.2) is 60.3 Å². The third-order valence-electron chi connectivity index (χ3n) is 7.71. The molecule has 234 valence electrons. The molecular weight excluding hydrogens is 605 g/mol. The maximum atomic E-state index is 15.8. The van der Waals surface area contributed by atoms with E-state index >= 15 is 8.78 Å². The number of halogens is 4. The molecule has 0 aromatic heterocycles. The third kappa shape index (κ3) is 8.13. The zero-order valence-corrected chi connectivity index (χ0v) is 25.6. The molecule has 0 bridgehead atoms. The number of hydrogen-bond acceptors (Lipinski definition) is 7. The van der Waals surface area contributed by atoms with E-state index in [1.807, 2.05) is 13.8 Å². The number of amides is 2. The lowest BCUT2D eigenvalue weighted by Crippen LogP contribution is -2.45. The molecule has 2 aromatic carbocycles. The van der Waals surface area contributed by atoms with Crippen molar-refractivity contribution < 1.29 is 33.3 Å². The smallest absolute Gasteiger partial charge is 0.408 e. The molecule has 0 aliphatic carbocycles. The van der Waals surface area contributed by atoms with Crippen LogP contribution in [0.2, 0.25) is 10.0 Å².